The summed E-state index contributed by atoms with van der Waals surface area (Å²) in [7, 11) is 0. The summed E-state index contributed by atoms with van der Waals surface area (Å²) in [5, 5.41) is 4.89. The summed E-state index contributed by atoms with van der Waals surface area (Å²) >= 11 is 1.44. The van der Waals surface area contributed by atoms with Gasteiger partial charge in [0.2, 0.25) is 5.91 Å². The monoisotopic (exact) mass is 429 g/mol. The van der Waals surface area contributed by atoms with Crippen LogP contribution in [0.5, 0.6) is 0 Å². The predicted molar refractivity (Wildman–Crippen MR) is 112 cm³/mol. The second kappa shape index (κ2) is 9.42. The van der Waals surface area contributed by atoms with Gasteiger partial charge in [-0.15, -0.1) is 11.3 Å². The summed E-state index contributed by atoms with van der Waals surface area (Å²) < 4.78 is 32.8. The molecule has 1 saturated heterocycles. The average Bonchev–Trinajstić information content (AvgIpc) is 3.20. The van der Waals surface area contributed by atoms with Crippen LogP contribution in [0.1, 0.15) is 11.3 Å². The molecule has 1 aromatic heterocycles. The first-order valence-corrected chi connectivity index (χ1v) is 10.5. The zero-order valence-corrected chi connectivity index (χ0v) is 17.1. The topological polar surface area (TPSA) is 54.5 Å². The Bertz CT molecular complexity index is 1010. The van der Waals surface area contributed by atoms with Gasteiger partial charge >= 0.3 is 0 Å². The Morgan fingerprint density at radius 2 is 1.87 bits per heavy atom. The predicted octanol–water partition coefficient (Wildman–Crippen LogP) is 4.10. The number of para-hydroxylation sites is 1. The number of halogens is 2. The van der Waals surface area contributed by atoms with Crippen LogP contribution in [-0.4, -0.2) is 42.1 Å². The number of ether oxygens (including phenoxy) is 1. The zero-order valence-electron chi connectivity index (χ0n) is 16.2. The molecule has 0 atom stereocenters. The molecular formula is C22H21F2N3O2S. The summed E-state index contributed by atoms with van der Waals surface area (Å²) in [6.07, 6.45) is -0.0578. The van der Waals surface area contributed by atoms with Gasteiger partial charge in [0.25, 0.3) is 0 Å². The number of thiazole rings is 1. The lowest BCUT2D eigenvalue weighted by molar-refractivity contribution is -0.115. The molecule has 2 aromatic carbocycles. The number of nitrogens with one attached hydrogen (secondary N) is 1. The van der Waals surface area contributed by atoms with Gasteiger partial charge < -0.3 is 10.1 Å². The molecule has 0 unspecified atom stereocenters. The molecule has 1 amide bonds. The van der Waals surface area contributed by atoms with Crippen LogP contribution in [0.25, 0.3) is 10.6 Å². The van der Waals surface area contributed by atoms with Crippen LogP contribution in [-0.2, 0) is 22.5 Å². The molecule has 0 radical (unpaired) electrons. The molecule has 30 heavy (non-hydrogen) atoms. The Hall–Kier alpha value is -2.68. The van der Waals surface area contributed by atoms with Crippen molar-refractivity contribution in [3.8, 4) is 10.6 Å². The van der Waals surface area contributed by atoms with Crippen LogP contribution in [0.3, 0.4) is 0 Å². The number of amides is 1. The molecule has 1 aliphatic rings. The fourth-order valence-corrected chi connectivity index (χ4v) is 4.12. The molecule has 1 fully saturated rings. The van der Waals surface area contributed by atoms with Crippen molar-refractivity contribution in [1.29, 1.82) is 0 Å². The van der Waals surface area contributed by atoms with Crippen LogP contribution in [0, 0.1) is 11.6 Å². The minimum Gasteiger partial charge on any atom is -0.379 e. The molecule has 0 saturated carbocycles. The maximum absolute atomic E-state index is 13.7. The van der Waals surface area contributed by atoms with Gasteiger partial charge in [-0.3, -0.25) is 9.69 Å². The largest absolute Gasteiger partial charge is 0.379 e. The normalized spacial score (nSPS) is 14.6. The summed E-state index contributed by atoms with van der Waals surface area (Å²) in [6, 6.07) is 11.6. The number of nitrogens with zero attached hydrogens (tertiary/aromatic N) is 2. The van der Waals surface area contributed by atoms with E-state index in [0.29, 0.717) is 5.69 Å². The van der Waals surface area contributed by atoms with Crippen LogP contribution in [0.15, 0.2) is 47.8 Å². The first-order valence-electron chi connectivity index (χ1n) is 9.66. The fourth-order valence-electron chi connectivity index (χ4n) is 3.31. The summed E-state index contributed by atoms with van der Waals surface area (Å²) in [6.45, 7) is 4.21. The van der Waals surface area contributed by atoms with Crippen molar-refractivity contribution in [2.24, 2.45) is 0 Å². The van der Waals surface area contributed by atoms with Gasteiger partial charge in [0.05, 0.1) is 25.3 Å². The van der Waals surface area contributed by atoms with Crippen molar-refractivity contribution in [1.82, 2.24) is 9.88 Å². The highest BCUT2D eigenvalue weighted by Crippen LogP contribution is 2.26. The second-order valence-corrected chi connectivity index (χ2v) is 7.91. The quantitative estimate of drug-likeness (QED) is 0.641. The Labute approximate surface area is 177 Å². The molecular weight excluding hydrogens is 408 g/mol. The number of hydrogen-bond acceptors (Lipinski definition) is 5. The molecule has 1 N–H and O–H groups in total. The number of carbonyl (C=O) groups excluding carboxylic acids is 1. The van der Waals surface area contributed by atoms with Crippen LogP contribution >= 0.6 is 11.3 Å². The van der Waals surface area contributed by atoms with Crippen molar-refractivity contribution in [3.63, 3.8) is 0 Å². The van der Waals surface area contributed by atoms with E-state index >= 15 is 0 Å². The third-order valence-corrected chi connectivity index (χ3v) is 5.74. The van der Waals surface area contributed by atoms with Gasteiger partial charge in [-0.1, -0.05) is 24.3 Å². The molecule has 0 spiro atoms. The maximum atomic E-state index is 13.7. The van der Waals surface area contributed by atoms with E-state index in [2.05, 4.69) is 27.3 Å². The average molecular weight is 429 g/mol. The number of anilines is 1. The van der Waals surface area contributed by atoms with E-state index in [-0.39, 0.29) is 6.42 Å². The lowest BCUT2D eigenvalue weighted by atomic mass is 10.1. The van der Waals surface area contributed by atoms with E-state index < -0.39 is 23.2 Å². The highest BCUT2D eigenvalue weighted by atomic mass is 32.1. The Morgan fingerprint density at radius 3 is 2.63 bits per heavy atom. The van der Waals surface area contributed by atoms with Crippen molar-refractivity contribution in [2.45, 2.75) is 13.0 Å². The molecule has 2 heterocycles. The van der Waals surface area contributed by atoms with E-state index in [1.807, 2.05) is 12.1 Å². The standard InChI is InChI=1S/C22H21F2N3O2S/c23-18-5-2-6-19(24)21(18)26-20(28)12-17-14-30-22(25-17)16-4-1-3-15(11-16)13-27-7-9-29-10-8-27/h1-6,11,14H,7-10,12-13H2,(H,26,28). The molecule has 1 aliphatic heterocycles. The molecule has 3 aromatic rings. The highest BCUT2D eigenvalue weighted by Gasteiger charge is 2.15. The first-order chi connectivity index (χ1) is 14.6. The van der Waals surface area contributed by atoms with Gasteiger partial charge in [0.15, 0.2) is 0 Å². The van der Waals surface area contributed by atoms with E-state index in [1.54, 1.807) is 5.38 Å². The molecule has 0 bridgehead atoms. The van der Waals surface area contributed by atoms with Crippen LogP contribution in [0.2, 0.25) is 0 Å². The number of hydrogen-bond donors (Lipinski definition) is 1. The molecule has 5 nitrogen and oxygen atoms in total. The van der Waals surface area contributed by atoms with E-state index in [0.717, 1.165) is 55.6 Å². The van der Waals surface area contributed by atoms with Gasteiger partial charge in [-0.25, -0.2) is 13.8 Å². The number of morpholine rings is 1. The number of carbonyl (C=O) groups is 1. The number of rotatable bonds is 6. The Balaban J connectivity index is 1.41. The van der Waals surface area contributed by atoms with E-state index in [4.69, 9.17) is 4.74 Å². The minimum atomic E-state index is -0.806. The smallest absolute Gasteiger partial charge is 0.230 e. The van der Waals surface area contributed by atoms with Crippen molar-refractivity contribution in [2.75, 3.05) is 31.6 Å². The third kappa shape index (κ3) is 5.08. The summed E-state index contributed by atoms with van der Waals surface area (Å²) in [5.74, 6) is -2.13. The molecule has 156 valence electrons. The van der Waals surface area contributed by atoms with E-state index in [1.165, 1.54) is 23.0 Å². The van der Waals surface area contributed by atoms with Gasteiger partial charge in [0, 0.05) is 30.6 Å². The zero-order chi connectivity index (χ0) is 20.9. The van der Waals surface area contributed by atoms with Gasteiger partial charge in [-0.2, -0.15) is 0 Å². The van der Waals surface area contributed by atoms with Crippen LogP contribution in [0.4, 0.5) is 14.5 Å². The Kier molecular flexibility index (Phi) is 6.47. The fraction of sp³-hybridized carbons (Fsp3) is 0.273. The number of benzene rings is 2. The molecule has 8 heteroatoms. The Morgan fingerprint density at radius 1 is 1.13 bits per heavy atom. The van der Waals surface area contributed by atoms with E-state index in [9.17, 15) is 13.6 Å². The lowest BCUT2D eigenvalue weighted by Gasteiger charge is -2.26. The van der Waals surface area contributed by atoms with Gasteiger partial charge in [-0.05, 0) is 23.8 Å². The molecule has 4 rings (SSSR count). The minimum absolute atomic E-state index is 0.0578. The van der Waals surface area contributed by atoms with Gasteiger partial charge in [0.1, 0.15) is 22.3 Å². The maximum Gasteiger partial charge on any atom is 0.230 e. The number of aromatic nitrogens is 1. The highest BCUT2D eigenvalue weighted by molar-refractivity contribution is 7.13. The summed E-state index contributed by atoms with van der Waals surface area (Å²) in [4.78, 5) is 19.1. The van der Waals surface area contributed by atoms with Crippen molar-refractivity contribution in [3.05, 3.63) is 70.7 Å². The molecule has 0 aliphatic carbocycles. The van der Waals surface area contributed by atoms with Crippen molar-refractivity contribution < 1.29 is 18.3 Å². The third-order valence-electron chi connectivity index (χ3n) is 4.80. The van der Waals surface area contributed by atoms with Crippen LogP contribution < -0.4 is 5.32 Å². The van der Waals surface area contributed by atoms with Crippen molar-refractivity contribution >= 4 is 22.9 Å². The lowest BCUT2D eigenvalue weighted by Crippen LogP contribution is -2.35. The second-order valence-electron chi connectivity index (χ2n) is 7.05. The SMILES string of the molecule is O=C(Cc1csc(-c2cccc(CN3CCOCC3)c2)n1)Nc1c(F)cccc1F. The summed E-state index contributed by atoms with van der Waals surface area (Å²) in [5.41, 5.74) is 2.30. The first kappa shape index (κ1) is 20.6.